The van der Waals surface area contributed by atoms with Gasteiger partial charge in [-0.3, -0.25) is 19.7 Å². The van der Waals surface area contributed by atoms with Crippen molar-refractivity contribution in [1.82, 2.24) is 15.5 Å². The van der Waals surface area contributed by atoms with Crippen LogP contribution >= 0.6 is 0 Å². The second-order valence-corrected chi connectivity index (χ2v) is 5.76. The van der Waals surface area contributed by atoms with Crippen LogP contribution in [0, 0.1) is 5.92 Å². The van der Waals surface area contributed by atoms with Gasteiger partial charge in [-0.05, 0) is 33.6 Å². The van der Waals surface area contributed by atoms with Crippen molar-refractivity contribution < 1.29 is 19.5 Å². The molecule has 21 heavy (non-hydrogen) atoms. The van der Waals surface area contributed by atoms with Gasteiger partial charge in [-0.2, -0.15) is 0 Å². The lowest BCUT2D eigenvalue weighted by Crippen LogP contribution is -2.49. The molecule has 0 aliphatic carbocycles. The third-order valence-corrected chi connectivity index (χ3v) is 3.58. The van der Waals surface area contributed by atoms with E-state index in [0.29, 0.717) is 25.9 Å². The zero-order valence-electron chi connectivity index (χ0n) is 12.9. The van der Waals surface area contributed by atoms with Crippen molar-refractivity contribution >= 4 is 17.8 Å². The van der Waals surface area contributed by atoms with Crippen LogP contribution < -0.4 is 10.6 Å². The first-order valence-electron chi connectivity index (χ1n) is 7.35. The molecule has 0 aromatic heterocycles. The van der Waals surface area contributed by atoms with E-state index in [1.165, 1.54) is 0 Å². The minimum Gasteiger partial charge on any atom is -0.481 e. The number of amides is 2. The average molecular weight is 299 g/mol. The third-order valence-electron chi connectivity index (χ3n) is 3.58. The standard InChI is InChI=1S/C14H25N3O4/c1-9(2)16-13(19)10(3)15-8-12(18)17-6-4-11(5-7-17)14(20)21/h9-11,15H,4-8H2,1-3H3,(H,16,19)(H,20,21). The van der Waals surface area contributed by atoms with Crippen LogP contribution in [0.5, 0.6) is 0 Å². The summed E-state index contributed by atoms with van der Waals surface area (Å²) in [5, 5.41) is 14.6. The number of nitrogens with zero attached hydrogens (tertiary/aromatic N) is 1. The molecule has 0 bridgehead atoms. The van der Waals surface area contributed by atoms with Gasteiger partial charge in [-0.25, -0.2) is 0 Å². The van der Waals surface area contributed by atoms with E-state index >= 15 is 0 Å². The highest BCUT2D eigenvalue weighted by atomic mass is 16.4. The zero-order valence-corrected chi connectivity index (χ0v) is 12.9. The minimum atomic E-state index is -0.792. The fraction of sp³-hybridized carbons (Fsp3) is 0.786. The Kier molecular flexibility index (Phi) is 6.61. The third kappa shape index (κ3) is 5.71. The van der Waals surface area contributed by atoms with Gasteiger partial charge in [0.1, 0.15) is 0 Å². The molecule has 1 rings (SSSR count). The van der Waals surface area contributed by atoms with E-state index in [-0.39, 0.29) is 30.3 Å². The Labute approximate surface area is 125 Å². The molecule has 0 radical (unpaired) electrons. The summed E-state index contributed by atoms with van der Waals surface area (Å²) in [6.45, 7) is 6.48. The van der Waals surface area contributed by atoms with E-state index in [1.54, 1.807) is 11.8 Å². The van der Waals surface area contributed by atoms with Crippen molar-refractivity contribution in [2.24, 2.45) is 5.92 Å². The van der Waals surface area contributed by atoms with Crippen LogP contribution in [0.25, 0.3) is 0 Å². The highest BCUT2D eigenvalue weighted by Crippen LogP contribution is 2.17. The summed E-state index contributed by atoms with van der Waals surface area (Å²) in [6.07, 6.45) is 0.981. The van der Waals surface area contributed by atoms with E-state index in [1.807, 2.05) is 13.8 Å². The zero-order chi connectivity index (χ0) is 16.0. The molecule has 2 amide bonds. The van der Waals surface area contributed by atoms with Gasteiger partial charge in [0.15, 0.2) is 0 Å². The van der Waals surface area contributed by atoms with Gasteiger partial charge in [0.2, 0.25) is 11.8 Å². The smallest absolute Gasteiger partial charge is 0.306 e. The summed E-state index contributed by atoms with van der Waals surface area (Å²) >= 11 is 0. The van der Waals surface area contributed by atoms with Gasteiger partial charge in [-0.15, -0.1) is 0 Å². The molecule has 0 saturated carbocycles. The SMILES string of the molecule is CC(C)NC(=O)C(C)NCC(=O)N1CCC(C(=O)O)CC1. The number of likely N-dealkylation sites (tertiary alicyclic amines) is 1. The molecular formula is C14H25N3O4. The van der Waals surface area contributed by atoms with Gasteiger partial charge in [0, 0.05) is 19.1 Å². The topological polar surface area (TPSA) is 98.7 Å². The molecule has 1 saturated heterocycles. The lowest BCUT2D eigenvalue weighted by atomic mass is 9.97. The Morgan fingerprint density at radius 2 is 1.76 bits per heavy atom. The first kappa shape index (κ1) is 17.4. The number of nitrogens with one attached hydrogen (secondary N) is 2. The fourth-order valence-electron chi connectivity index (χ4n) is 2.23. The number of carboxylic acids is 1. The minimum absolute atomic E-state index is 0.0625. The van der Waals surface area contributed by atoms with Crippen LogP contribution in [0.15, 0.2) is 0 Å². The Morgan fingerprint density at radius 1 is 1.19 bits per heavy atom. The summed E-state index contributed by atoms with van der Waals surface area (Å²) < 4.78 is 0. The van der Waals surface area contributed by atoms with Crippen LogP contribution in [-0.2, 0) is 14.4 Å². The molecule has 1 aliphatic rings. The Bertz CT molecular complexity index is 390. The number of hydrogen-bond acceptors (Lipinski definition) is 4. The average Bonchev–Trinajstić information content (AvgIpc) is 2.43. The van der Waals surface area contributed by atoms with E-state index in [9.17, 15) is 14.4 Å². The summed E-state index contributed by atoms with van der Waals surface area (Å²) in [5.74, 6) is -1.37. The summed E-state index contributed by atoms with van der Waals surface area (Å²) in [6, 6.07) is -0.375. The molecule has 0 aromatic carbocycles. The van der Waals surface area contributed by atoms with E-state index < -0.39 is 12.0 Å². The van der Waals surface area contributed by atoms with E-state index in [0.717, 1.165) is 0 Å². The largest absolute Gasteiger partial charge is 0.481 e. The second-order valence-electron chi connectivity index (χ2n) is 5.76. The number of rotatable bonds is 6. The number of piperidine rings is 1. The molecule has 1 aliphatic heterocycles. The number of carbonyl (C=O) groups excluding carboxylic acids is 2. The monoisotopic (exact) mass is 299 g/mol. The van der Waals surface area contributed by atoms with Crippen molar-refractivity contribution in [3.8, 4) is 0 Å². The van der Waals surface area contributed by atoms with Crippen molar-refractivity contribution in [1.29, 1.82) is 0 Å². The maximum atomic E-state index is 12.0. The number of aliphatic carboxylic acids is 1. The van der Waals surface area contributed by atoms with Crippen molar-refractivity contribution in [2.75, 3.05) is 19.6 Å². The second kappa shape index (κ2) is 7.97. The maximum Gasteiger partial charge on any atom is 0.306 e. The normalized spacial score (nSPS) is 17.6. The number of hydrogen-bond donors (Lipinski definition) is 3. The molecule has 0 spiro atoms. The molecule has 1 atom stereocenters. The van der Waals surface area contributed by atoms with Gasteiger partial charge in [0.05, 0.1) is 18.5 Å². The first-order chi connectivity index (χ1) is 9.81. The van der Waals surface area contributed by atoms with E-state index in [2.05, 4.69) is 10.6 Å². The number of carboxylic acid groups (broad SMARTS) is 1. The van der Waals surface area contributed by atoms with Gasteiger partial charge in [-0.1, -0.05) is 0 Å². The predicted octanol–water partition coefficient (Wildman–Crippen LogP) is -0.188. The summed E-state index contributed by atoms with van der Waals surface area (Å²) in [7, 11) is 0. The van der Waals surface area contributed by atoms with Crippen molar-refractivity contribution in [2.45, 2.75) is 45.7 Å². The van der Waals surface area contributed by atoms with Gasteiger partial charge in [0.25, 0.3) is 0 Å². The molecule has 1 unspecified atom stereocenters. The van der Waals surface area contributed by atoms with Crippen LogP contribution in [0.3, 0.4) is 0 Å². The Hall–Kier alpha value is -1.63. The quantitative estimate of drug-likeness (QED) is 0.631. The summed E-state index contributed by atoms with van der Waals surface area (Å²) in [5.41, 5.74) is 0. The van der Waals surface area contributed by atoms with Gasteiger partial charge >= 0.3 is 5.97 Å². The molecule has 7 heteroatoms. The van der Waals surface area contributed by atoms with Crippen LogP contribution in [0.2, 0.25) is 0 Å². The maximum absolute atomic E-state index is 12.0. The molecule has 7 nitrogen and oxygen atoms in total. The lowest BCUT2D eigenvalue weighted by Gasteiger charge is -2.30. The Balaban J connectivity index is 2.31. The van der Waals surface area contributed by atoms with Crippen molar-refractivity contribution in [3.63, 3.8) is 0 Å². The van der Waals surface area contributed by atoms with Gasteiger partial charge < -0.3 is 15.3 Å². The fourth-order valence-corrected chi connectivity index (χ4v) is 2.23. The predicted molar refractivity (Wildman–Crippen MR) is 77.7 cm³/mol. The molecule has 1 fully saturated rings. The summed E-state index contributed by atoms with van der Waals surface area (Å²) in [4.78, 5) is 36.2. The van der Waals surface area contributed by atoms with Crippen molar-refractivity contribution in [3.05, 3.63) is 0 Å². The Morgan fingerprint density at radius 3 is 2.24 bits per heavy atom. The van der Waals surface area contributed by atoms with Crippen LogP contribution in [-0.4, -0.2) is 59.5 Å². The molecule has 1 heterocycles. The molecule has 0 aromatic rings. The molecule has 120 valence electrons. The van der Waals surface area contributed by atoms with Crippen LogP contribution in [0.4, 0.5) is 0 Å². The highest BCUT2D eigenvalue weighted by Gasteiger charge is 2.27. The number of carbonyl (C=O) groups is 3. The molecule has 3 N–H and O–H groups in total. The lowest BCUT2D eigenvalue weighted by molar-refractivity contribution is -0.145. The first-order valence-corrected chi connectivity index (χ1v) is 7.35. The van der Waals surface area contributed by atoms with E-state index in [4.69, 9.17) is 5.11 Å². The molecular weight excluding hydrogens is 274 g/mol. The van der Waals surface area contributed by atoms with Crippen LogP contribution in [0.1, 0.15) is 33.6 Å². The highest BCUT2D eigenvalue weighted by molar-refractivity contribution is 5.83.